The van der Waals surface area contributed by atoms with Crippen molar-refractivity contribution in [3.8, 4) is 0 Å². The van der Waals surface area contributed by atoms with E-state index in [-0.39, 0.29) is 71.9 Å². The maximum atomic E-state index is 2.18. The summed E-state index contributed by atoms with van der Waals surface area (Å²) in [5, 5.41) is 0. The van der Waals surface area contributed by atoms with Crippen LogP contribution in [0.3, 0.4) is 0 Å². The fraction of sp³-hybridized carbons (Fsp3) is 1.00. The third kappa shape index (κ3) is 30.5. The third-order valence-electron chi connectivity index (χ3n) is 0.500. The number of rotatable bonds is 1. The minimum atomic E-state index is 0. The zero-order valence-electron chi connectivity index (χ0n) is 4.94. The van der Waals surface area contributed by atoms with Gasteiger partial charge in [-0.15, -0.1) is 48.0 Å². The summed E-state index contributed by atoms with van der Waals surface area (Å²) in [5.41, 5.74) is 0. The van der Waals surface area contributed by atoms with E-state index in [1.807, 2.05) is 0 Å². The molecule has 0 saturated carbocycles. The fourth-order valence-corrected chi connectivity index (χ4v) is 0. The number of hydrogen-bond acceptors (Lipinski definition) is 0. The molecule has 0 nitrogen and oxygen atoms in total. The van der Waals surface area contributed by atoms with Gasteiger partial charge in [0.1, 0.15) is 0 Å². The van der Waals surface area contributed by atoms with Crippen LogP contribution in [0.25, 0.3) is 0 Å². The average molecular weight is 435 g/mol. The molecule has 0 rings (SSSR count). The van der Waals surface area contributed by atoms with E-state index in [0.717, 1.165) is 0 Å². The van der Waals surface area contributed by atoms with Gasteiger partial charge in [-0.2, -0.15) is 0 Å². The number of hydrogen-bond donors (Lipinski definition) is 0. The van der Waals surface area contributed by atoms with E-state index in [4.69, 9.17) is 0 Å². The molecule has 0 amide bonds. The molecule has 0 unspecified atom stereocenters. The molecule has 0 aliphatic heterocycles. The van der Waals surface area contributed by atoms with E-state index in [0.29, 0.717) is 0 Å². The number of halogens is 2. The Hall–Kier alpha value is 2.26. The molecule has 0 atom stereocenters. The van der Waals surface area contributed by atoms with Gasteiger partial charge in [0, 0.05) is 0 Å². The van der Waals surface area contributed by atoms with E-state index < -0.39 is 0 Å². The van der Waals surface area contributed by atoms with Crippen LogP contribution < -0.4 is 0 Å². The van der Waals surface area contributed by atoms with Crippen molar-refractivity contribution in [3.05, 3.63) is 0 Å². The standard InChI is InChI=1S/C4H10.2HI.Sn.2H/c1-3-4-2;;;;;/h3-4H2,1-2H3;2*1H;;;. The van der Waals surface area contributed by atoms with Crippen LogP contribution in [0.15, 0.2) is 0 Å². The molecule has 0 N–H and O–H groups in total. The van der Waals surface area contributed by atoms with Crippen molar-refractivity contribution in [1.29, 1.82) is 0 Å². The van der Waals surface area contributed by atoms with Gasteiger partial charge in [0.15, 0.2) is 0 Å². The Bertz CT molecular complexity index is 11.7. The van der Waals surface area contributed by atoms with Crippen molar-refractivity contribution in [2.24, 2.45) is 0 Å². The Labute approximate surface area is 97.2 Å². The third-order valence-corrected chi connectivity index (χ3v) is 0.500. The van der Waals surface area contributed by atoms with Gasteiger partial charge in [-0.1, -0.05) is 26.7 Å². The zero-order chi connectivity index (χ0) is 3.41. The molecule has 0 aliphatic rings. The second kappa shape index (κ2) is 24.0. The summed E-state index contributed by atoms with van der Waals surface area (Å²) < 4.78 is 0. The quantitative estimate of drug-likeness (QED) is 0.438. The van der Waals surface area contributed by atoms with Crippen LogP contribution in [0.2, 0.25) is 0 Å². The predicted molar refractivity (Wildman–Crippen MR) is 60.0 cm³/mol. The minimum absolute atomic E-state index is 0. The number of unbranched alkanes of at least 4 members (excludes halogenated alkanes) is 1. The van der Waals surface area contributed by atoms with Crippen molar-refractivity contribution < 1.29 is 0 Å². The average Bonchev–Trinajstić information content (AvgIpc) is 1.37. The van der Waals surface area contributed by atoms with Crippen LogP contribution >= 0.6 is 48.0 Å². The van der Waals surface area contributed by atoms with Crippen molar-refractivity contribution >= 4 is 71.9 Å². The van der Waals surface area contributed by atoms with Crippen LogP contribution in [0, 0.1) is 0 Å². The summed E-state index contributed by atoms with van der Waals surface area (Å²) in [6, 6.07) is 0. The van der Waals surface area contributed by atoms with Crippen molar-refractivity contribution in [3.63, 3.8) is 0 Å². The first-order valence-corrected chi connectivity index (χ1v) is 1.91. The Morgan fingerprint density at radius 1 is 0.857 bits per heavy atom. The molecule has 0 aliphatic carbocycles. The Morgan fingerprint density at radius 2 is 1.00 bits per heavy atom. The van der Waals surface area contributed by atoms with Crippen LogP contribution in [0.4, 0.5) is 0 Å². The molecular weight excluding hydrogens is 421 g/mol. The van der Waals surface area contributed by atoms with Crippen molar-refractivity contribution in [1.82, 2.24) is 0 Å². The van der Waals surface area contributed by atoms with Crippen LogP contribution in [0.5, 0.6) is 0 Å². The molecule has 48 valence electrons. The summed E-state index contributed by atoms with van der Waals surface area (Å²) in [7, 11) is 0. The molecule has 0 fully saturated rings. The van der Waals surface area contributed by atoms with Crippen LogP contribution in [-0.4, -0.2) is 23.9 Å². The topological polar surface area (TPSA) is 0 Å². The molecule has 0 aromatic carbocycles. The molecular formula is C4H14I2Sn. The summed E-state index contributed by atoms with van der Waals surface area (Å²) in [4.78, 5) is 0. The fourth-order valence-electron chi connectivity index (χ4n) is 0. The van der Waals surface area contributed by atoms with Gasteiger partial charge in [-0.05, 0) is 0 Å². The maximum absolute atomic E-state index is 2.18. The molecule has 7 heavy (non-hydrogen) atoms. The van der Waals surface area contributed by atoms with Gasteiger partial charge in [-0.3, -0.25) is 0 Å². The first-order valence-electron chi connectivity index (χ1n) is 1.91. The second-order valence-electron chi connectivity index (χ2n) is 1.000. The van der Waals surface area contributed by atoms with E-state index in [9.17, 15) is 0 Å². The van der Waals surface area contributed by atoms with E-state index >= 15 is 0 Å². The van der Waals surface area contributed by atoms with Crippen molar-refractivity contribution in [2.45, 2.75) is 26.7 Å². The first-order chi connectivity index (χ1) is 1.91. The molecule has 0 aromatic heterocycles. The SMILES string of the molecule is CCCC.I.I.[SnH2]. The summed E-state index contributed by atoms with van der Waals surface area (Å²) in [6.07, 6.45) is 2.64. The summed E-state index contributed by atoms with van der Waals surface area (Å²) in [5.74, 6) is 0. The molecule has 0 heterocycles. The van der Waals surface area contributed by atoms with Gasteiger partial charge in [0.05, 0.1) is 0 Å². The van der Waals surface area contributed by atoms with Gasteiger partial charge in [0.25, 0.3) is 0 Å². The van der Waals surface area contributed by atoms with Crippen LogP contribution in [0.1, 0.15) is 26.7 Å². The normalized spacial score (nSPS) is 4.29. The van der Waals surface area contributed by atoms with Gasteiger partial charge < -0.3 is 0 Å². The Kier molecular flexibility index (Phi) is 78.3. The van der Waals surface area contributed by atoms with E-state index in [1.54, 1.807) is 0 Å². The van der Waals surface area contributed by atoms with Crippen LogP contribution in [-0.2, 0) is 0 Å². The zero-order valence-corrected chi connectivity index (χ0v) is 13.6. The second-order valence-corrected chi connectivity index (χ2v) is 1.000. The molecule has 0 aromatic rings. The molecule has 0 spiro atoms. The molecule has 2 radical (unpaired) electrons. The summed E-state index contributed by atoms with van der Waals surface area (Å²) >= 11 is 0. The van der Waals surface area contributed by atoms with Gasteiger partial charge >= 0.3 is 23.9 Å². The van der Waals surface area contributed by atoms with E-state index in [1.165, 1.54) is 12.8 Å². The Balaban J connectivity index is -0.0000000150. The van der Waals surface area contributed by atoms with E-state index in [2.05, 4.69) is 13.8 Å². The monoisotopic (exact) mass is 436 g/mol. The molecule has 3 heteroatoms. The van der Waals surface area contributed by atoms with Crippen molar-refractivity contribution in [2.75, 3.05) is 0 Å². The molecule has 0 bridgehead atoms. The first kappa shape index (κ1) is 22.8. The molecule has 0 saturated heterocycles. The van der Waals surface area contributed by atoms with Gasteiger partial charge in [-0.25, -0.2) is 0 Å². The Morgan fingerprint density at radius 3 is 1.00 bits per heavy atom. The predicted octanol–water partition coefficient (Wildman–Crippen LogP) is 2.13. The summed E-state index contributed by atoms with van der Waals surface area (Å²) in [6.45, 7) is 4.36. The van der Waals surface area contributed by atoms with Gasteiger partial charge in [0.2, 0.25) is 0 Å².